The van der Waals surface area contributed by atoms with E-state index >= 15 is 0 Å². The Morgan fingerprint density at radius 1 is 0.913 bits per heavy atom. The van der Waals surface area contributed by atoms with E-state index in [4.69, 9.17) is 0 Å². The summed E-state index contributed by atoms with van der Waals surface area (Å²) in [6.45, 7) is 7.48. The molecule has 0 saturated carbocycles. The molecule has 2 aromatic heterocycles. The molecule has 0 aliphatic heterocycles. The largest absolute Gasteiger partial charge is 0.328 e. The van der Waals surface area contributed by atoms with Gasteiger partial charge in [0.2, 0.25) is 0 Å². The van der Waals surface area contributed by atoms with Crippen LogP contribution in [-0.2, 0) is 0 Å². The molecule has 2 rings (SSSR count). The quantitative estimate of drug-likeness (QED) is 0.801. The fourth-order valence-electron chi connectivity index (χ4n) is 1.68. The molecule has 9 heteroatoms. The van der Waals surface area contributed by atoms with Crippen LogP contribution in [0.4, 0.5) is 0 Å². The molecule has 0 aromatic carbocycles. The molecule has 0 spiro atoms. The number of rotatable bonds is 2. The Balaban J connectivity index is 0.000000231. The average Bonchev–Trinajstić information content (AvgIpc) is 2.42. The predicted octanol–water partition coefficient (Wildman–Crippen LogP) is 0.997. The van der Waals surface area contributed by atoms with Gasteiger partial charge in [0.25, 0.3) is 11.1 Å². The highest BCUT2D eigenvalue weighted by molar-refractivity contribution is 9.10. The summed E-state index contributed by atoms with van der Waals surface area (Å²) in [6, 6.07) is 1.46. The lowest BCUT2D eigenvalue weighted by atomic mass is 10.4. The third-order valence-electron chi connectivity index (χ3n) is 2.89. The summed E-state index contributed by atoms with van der Waals surface area (Å²) in [7, 11) is 0. The minimum absolute atomic E-state index is 0.0469. The molecule has 23 heavy (non-hydrogen) atoms. The Kier molecular flexibility index (Phi) is 6.49. The zero-order valence-corrected chi connectivity index (χ0v) is 14.9. The molecule has 0 aliphatic carbocycles. The summed E-state index contributed by atoms with van der Waals surface area (Å²) in [5, 5.41) is 0. The topological polar surface area (TPSA) is 110 Å². The van der Waals surface area contributed by atoms with Crippen LogP contribution in [0.15, 0.2) is 42.1 Å². The second-order valence-corrected chi connectivity index (χ2v) is 6.20. The molecule has 2 N–H and O–H groups in total. The summed E-state index contributed by atoms with van der Waals surface area (Å²) in [4.78, 5) is 48.0. The molecule has 0 fully saturated rings. The molecule has 0 atom stereocenters. The monoisotopic (exact) mass is 386 g/mol. The summed E-state index contributed by atoms with van der Waals surface area (Å²) in [5.41, 5.74) is -1.48. The van der Waals surface area contributed by atoms with E-state index in [-0.39, 0.29) is 29.0 Å². The van der Waals surface area contributed by atoms with Crippen molar-refractivity contribution in [3.63, 3.8) is 0 Å². The number of halogens is 1. The van der Waals surface area contributed by atoms with E-state index in [0.29, 0.717) is 4.47 Å². The Morgan fingerprint density at radius 2 is 1.43 bits per heavy atom. The van der Waals surface area contributed by atoms with E-state index in [0.717, 1.165) is 0 Å². The van der Waals surface area contributed by atoms with Gasteiger partial charge >= 0.3 is 11.4 Å². The minimum Gasteiger partial charge on any atom is -0.298 e. The second kappa shape index (κ2) is 7.91. The molecule has 0 unspecified atom stereocenters. The number of aromatic amines is 2. The Hall–Kier alpha value is -2.16. The first-order chi connectivity index (χ1) is 10.6. The van der Waals surface area contributed by atoms with Gasteiger partial charge in [0.15, 0.2) is 0 Å². The van der Waals surface area contributed by atoms with Crippen molar-refractivity contribution in [2.45, 2.75) is 39.8 Å². The Morgan fingerprint density at radius 3 is 1.91 bits per heavy atom. The molecule has 8 nitrogen and oxygen atoms in total. The SMILES string of the molecule is CC(C)n1cc(Br)c(=O)[nH]c1=O.CC(C)n1ccc(=O)[nH]c1=O. The van der Waals surface area contributed by atoms with E-state index < -0.39 is 5.56 Å². The average molecular weight is 387 g/mol. The summed E-state index contributed by atoms with van der Waals surface area (Å²) >= 11 is 3.05. The fraction of sp³-hybridized carbons (Fsp3) is 0.429. The number of nitrogens with one attached hydrogen (secondary N) is 2. The summed E-state index contributed by atoms with van der Waals surface area (Å²) in [6.07, 6.45) is 2.98. The number of nitrogens with zero attached hydrogens (tertiary/aromatic N) is 2. The molecule has 126 valence electrons. The van der Waals surface area contributed by atoms with Crippen molar-refractivity contribution >= 4 is 15.9 Å². The number of H-pyrrole nitrogens is 2. The van der Waals surface area contributed by atoms with Gasteiger partial charge in [-0.15, -0.1) is 0 Å². The van der Waals surface area contributed by atoms with Gasteiger partial charge in [0.05, 0.1) is 4.47 Å². The van der Waals surface area contributed by atoms with Gasteiger partial charge < -0.3 is 0 Å². The zero-order valence-electron chi connectivity index (χ0n) is 13.3. The normalized spacial score (nSPS) is 10.6. The number of aromatic nitrogens is 4. The molecule has 0 radical (unpaired) electrons. The zero-order chi connectivity index (χ0) is 17.7. The lowest BCUT2D eigenvalue weighted by Crippen LogP contribution is -2.30. The van der Waals surface area contributed by atoms with E-state index in [2.05, 4.69) is 25.9 Å². The van der Waals surface area contributed by atoms with Crippen molar-refractivity contribution in [2.24, 2.45) is 0 Å². The number of hydrogen-bond acceptors (Lipinski definition) is 4. The van der Waals surface area contributed by atoms with Gasteiger partial charge in [-0.1, -0.05) is 0 Å². The molecule has 0 aliphatic rings. The van der Waals surface area contributed by atoms with Crippen LogP contribution in [0.1, 0.15) is 39.8 Å². The van der Waals surface area contributed by atoms with Crippen LogP contribution >= 0.6 is 15.9 Å². The molecule has 0 amide bonds. The van der Waals surface area contributed by atoms with Crippen LogP contribution in [0.25, 0.3) is 0 Å². The Bertz CT molecular complexity index is 889. The maximum atomic E-state index is 11.1. The highest BCUT2D eigenvalue weighted by atomic mass is 79.9. The minimum atomic E-state index is -0.392. The molecule has 2 aromatic rings. The predicted molar refractivity (Wildman–Crippen MR) is 91.1 cm³/mol. The van der Waals surface area contributed by atoms with Gasteiger partial charge in [-0.05, 0) is 43.6 Å². The van der Waals surface area contributed by atoms with Crippen LogP contribution in [0.3, 0.4) is 0 Å². The van der Waals surface area contributed by atoms with Gasteiger partial charge in [-0.3, -0.25) is 28.7 Å². The lowest BCUT2D eigenvalue weighted by Gasteiger charge is -2.07. The van der Waals surface area contributed by atoms with Crippen LogP contribution in [0.2, 0.25) is 0 Å². The van der Waals surface area contributed by atoms with Crippen LogP contribution in [0, 0.1) is 0 Å². The lowest BCUT2D eigenvalue weighted by molar-refractivity contribution is 0.559. The van der Waals surface area contributed by atoms with Crippen molar-refractivity contribution in [3.8, 4) is 0 Å². The third-order valence-corrected chi connectivity index (χ3v) is 3.45. The van der Waals surface area contributed by atoms with Crippen molar-refractivity contribution < 1.29 is 0 Å². The maximum Gasteiger partial charge on any atom is 0.328 e. The Labute approximate surface area is 139 Å². The van der Waals surface area contributed by atoms with Crippen LogP contribution in [-0.4, -0.2) is 19.1 Å². The highest BCUT2D eigenvalue weighted by Crippen LogP contribution is 2.03. The van der Waals surface area contributed by atoms with Crippen molar-refractivity contribution in [1.82, 2.24) is 19.1 Å². The van der Waals surface area contributed by atoms with E-state index in [1.54, 1.807) is 0 Å². The smallest absolute Gasteiger partial charge is 0.298 e. The molecular formula is C14H19BrN4O4. The fourth-order valence-corrected chi connectivity index (χ4v) is 2.00. The first kappa shape index (κ1) is 18.9. The summed E-state index contributed by atoms with van der Waals surface area (Å²) in [5.74, 6) is 0. The molecule has 0 saturated heterocycles. The van der Waals surface area contributed by atoms with Gasteiger partial charge in [-0.2, -0.15) is 0 Å². The first-order valence-corrected chi connectivity index (χ1v) is 7.75. The van der Waals surface area contributed by atoms with Gasteiger partial charge in [0, 0.05) is 30.5 Å². The number of hydrogen-bond donors (Lipinski definition) is 2. The van der Waals surface area contributed by atoms with Crippen molar-refractivity contribution in [1.29, 1.82) is 0 Å². The van der Waals surface area contributed by atoms with E-state index in [9.17, 15) is 19.2 Å². The third kappa shape index (κ3) is 5.20. The van der Waals surface area contributed by atoms with Gasteiger partial charge in [-0.25, -0.2) is 9.59 Å². The molecule has 0 bridgehead atoms. The molecular weight excluding hydrogens is 368 g/mol. The van der Waals surface area contributed by atoms with Crippen molar-refractivity contribution in [2.75, 3.05) is 0 Å². The standard InChI is InChI=1S/C7H9BrN2O2.C7H10N2O2/c1-4(2)10-3-5(8)6(11)9-7(10)12;1-5(2)9-4-3-6(10)8-7(9)11/h3-4H,1-2H3,(H,9,11,12);3-5H,1-2H3,(H,8,10,11). The van der Waals surface area contributed by atoms with E-state index in [1.807, 2.05) is 27.7 Å². The molecule has 2 heterocycles. The van der Waals surface area contributed by atoms with Crippen LogP contribution in [0.5, 0.6) is 0 Å². The maximum absolute atomic E-state index is 11.1. The first-order valence-electron chi connectivity index (χ1n) is 6.96. The van der Waals surface area contributed by atoms with Crippen molar-refractivity contribution in [3.05, 3.63) is 64.6 Å². The second-order valence-electron chi connectivity index (χ2n) is 5.35. The van der Waals surface area contributed by atoms with Gasteiger partial charge in [0.1, 0.15) is 0 Å². The van der Waals surface area contributed by atoms with Crippen LogP contribution < -0.4 is 22.5 Å². The highest BCUT2D eigenvalue weighted by Gasteiger charge is 2.03. The van der Waals surface area contributed by atoms with E-state index in [1.165, 1.54) is 27.6 Å². The summed E-state index contributed by atoms with van der Waals surface area (Å²) < 4.78 is 3.28.